The summed E-state index contributed by atoms with van der Waals surface area (Å²) in [4.78, 5) is 12.8. The predicted octanol–water partition coefficient (Wildman–Crippen LogP) is 3.25. The molecule has 0 bridgehead atoms. The highest BCUT2D eigenvalue weighted by Gasteiger charge is 2.25. The average molecular weight is 470 g/mol. The second-order valence-corrected chi connectivity index (χ2v) is 10.4. The van der Waals surface area contributed by atoms with E-state index in [9.17, 15) is 13.2 Å². The first kappa shape index (κ1) is 21.8. The molecule has 174 valence electrons. The van der Waals surface area contributed by atoms with Crippen molar-refractivity contribution in [1.82, 2.24) is 14.2 Å². The average Bonchev–Trinajstić information content (AvgIpc) is 3.34. The lowest BCUT2D eigenvalue weighted by atomic mass is 10.2. The van der Waals surface area contributed by atoms with Gasteiger partial charge in [0.05, 0.1) is 4.90 Å². The molecule has 2 aromatic carbocycles. The quantitative estimate of drug-likeness (QED) is 0.599. The van der Waals surface area contributed by atoms with Crippen molar-refractivity contribution < 1.29 is 22.7 Å². The van der Waals surface area contributed by atoms with Gasteiger partial charge in [-0.25, -0.2) is 8.42 Å². The molecule has 5 rings (SSSR count). The van der Waals surface area contributed by atoms with Gasteiger partial charge in [0, 0.05) is 36.7 Å². The minimum absolute atomic E-state index is 0.133. The summed E-state index contributed by atoms with van der Waals surface area (Å²) in [5, 5.41) is 3.72. The molecular weight excluding hydrogens is 442 g/mol. The number of benzene rings is 2. The number of carbonyl (C=O) groups is 1. The van der Waals surface area contributed by atoms with E-state index in [2.05, 4.69) is 5.32 Å². The standard InChI is InChI=1S/C24H27N3O5S/c28-24(25-15-18-5-8-22-23(13-18)32-17-31-22)16-26-12-9-19-14-20(6-7-21(19)26)33(29,30)27-10-3-1-2-4-11-27/h5-9,12-14H,1-4,10-11,15-17H2,(H,25,28). The van der Waals surface area contributed by atoms with Crippen molar-refractivity contribution >= 4 is 26.8 Å². The lowest BCUT2D eigenvalue weighted by molar-refractivity contribution is -0.121. The van der Waals surface area contributed by atoms with Crippen LogP contribution < -0.4 is 14.8 Å². The SMILES string of the molecule is O=C(Cn1ccc2cc(S(=O)(=O)N3CCCCCC3)ccc21)NCc1ccc2c(c1)OCO2. The van der Waals surface area contributed by atoms with Crippen LogP contribution >= 0.6 is 0 Å². The summed E-state index contributed by atoms with van der Waals surface area (Å²) in [5.74, 6) is 1.26. The summed E-state index contributed by atoms with van der Waals surface area (Å²) >= 11 is 0. The van der Waals surface area contributed by atoms with Gasteiger partial charge in [-0.1, -0.05) is 18.9 Å². The summed E-state index contributed by atoms with van der Waals surface area (Å²) in [7, 11) is -3.51. The molecule has 1 N–H and O–H groups in total. The number of carbonyl (C=O) groups excluding carboxylic acids is 1. The van der Waals surface area contributed by atoms with Crippen molar-refractivity contribution in [3.63, 3.8) is 0 Å². The highest BCUT2D eigenvalue weighted by molar-refractivity contribution is 7.89. The monoisotopic (exact) mass is 469 g/mol. The van der Waals surface area contributed by atoms with Crippen LogP contribution in [0.4, 0.5) is 0 Å². The van der Waals surface area contributed by atoms with Gasteiger partial charge in [-0.3, -0.25) is 4.79 Å². The molecule has 0 unspecified atom stereocenters. The molecule has 3 heterocycles. The van der Waals surface area contributed by atoms with E-state index in [0.29, 0.717) is 36.0 Å². The molecule has 3 aromatic rings. The van der Waals surface area contributed by atoms with Crippen LogP contribution in [0, 0.1) is 0 Å². The molecule has 2 aliphatic rings. The molecule has 1 fully saturated rings. The van der Waals surface area contributed by atoms with E-state index in [1.54, 1.807) is 22.5 Å². The van der Waals surface area contributed by atoms with Crippen LogP contribution in [0.5, 0.6) is 11.5 Å². The number of hydrogen-bond acceptors (Lipinski definition) is 5. The first-order valence-electron chi connectivity index (χ1n) is 11.2. The second-order valence-electron chi connectivity index (χ2n) is 8.45. The minimum Gasteiger partial charge on any atom is -0.454 e. The number of amides is 1. The van der Waals surface area contributed by atoms with Gasteiger partial charge in [0.25, 0.3) is 0 Å². The molecule has 0 spiro atoms. The Labute approximate surface area is 193 Å². The number of ether oxygens (including phenoxy) is 2. The number of fused-ring (bicyclic) bond motifs is 2. The fourth-order valence-electron chi connectivity index (χ4n) is 4.37. The Morgan fingerprint density at radius 3 is 2.55 bits per heavy atom. The molecule has 0 radical (unpaired) electrons. The molecule has 0 saturated carbocycles. The number of rotatable bonds is 6. The summed E-state index contributed by atoms with van der Waals surface area (Å²) in [6.45, 7) is 1.89. The van der Waals surface area contributed by atoms with Gasteiger partial charge in [-0.2, -0.15) is 4.31 Å². The molecule has 0 aliphatic carbocycles. The van der Waals surface area contributed by atoms with Crippen LogP contribution in [0.25, 0.3) is 10.9 Å². The summed E-state index contributed by atoms with van der Waals surface area (Å²) in [6.07, 6.45) is 5.76. The molecule has 1 aromatic heterocycles. The molecule has 2 aliphatic heterocycles. The van der Waals surface area contributed by atoms with Crippen molar-refractivity contribution in [1.29, 1.82) is 0 Å². The fraction of sp³-hybridized carbons (Fsp3) is 0.375. The Kier molecular flexibility index (Phi) is 5.99. The lowest BCUT2D eigenvalue weighted by Crippen LogP contribution is -2.31. The maximum atomic E-state index is 13.1. The minimum atomic E-state index is -3.51. The van der Waals surface area contributed by atoms with Gasteiger partial charge >= 0.3 is 0 Å². The largest absolute Gasteiger partial charge is 0.454 e. The molecule has 8 nitrogen and oxygen atoms in total. The first-order valence-corrected chi connectivity index (χ1v) is 12.7. The Balaban J connectivity index is 1.26. The van der Waals surface area contributed by atoms with Gasteiger partial charge < -0.3 is 19.4 Å². The van der Waals surface area contributed by atoms with Crippen molar-refractivity contribution in [2.24, 2.45) is 0 Å². The van der Waals surface area contributed by atoms with Gasteiger partial charge in [-0.05, 0) is 54.8 Å². The topological polar surface area (TPSA) is 89.9 Å². The number of hydrogen-bond donors (Lipinski definition) is 1. The third kappa shape index (κ3) is 4.56. The Hall–Kier alpha value is -3.04. The molecule has 9 heteroatoms. The van der Waals surface area contributed by atoms with E-state index in [1.165, 1.54) is 0 Å². The molecule has 1 saturated heterocycles. The zero-order chi connectivity index (χ0) is 22.8. The fourth-order valence-corrected chi connectivity index (χ4v) is 5.92. The van der Waals surface area contributed by atoms with Crippen molar-refractivity contribution in [2.45, 2.75) is 43.7 Å². The summed E-state index contributed by atoms with van der Waals surface area (Å²) in [5.41, 5.74) is 1.75. The normalized spacial score (nSPS) is 16.6. The van der Waals surface area contributed by atoms with E-state index in [-0.39, 0.29) is 19.2 Å². The third-order valence-electron chi connectivity index (χ3n) is 6.19. The van der Waals surface area contributed by atoms with E-state index in [1.807, 2.05) is 35.0 Å². The van der Waals surface area contributed by atoms with Gasteiger partial charge in [0.1, 0.15) is 6.54 Å². The Bertz CT molecular complexity index is 1280. The highest BCUT2D eigenvalue weighted by Crippen LogP contribution is 2.32. The molecule has 0 atom stereocenters. The van der Waals surface area contributed by atoms with Crippen LogP contribution in [-0.4, -0.2) is 43.1 Å². The Morgan fingerprint density at radius 1 is 0.939 bits per heavy atom. The smallest absolute Gasteiger partial charge is 0.243 e. The third-order valence-corrected chi connectivity index (χ3v) is 8.08. The predicted molar refractivity (Wildman–Crippen MR) is 124 cm³/mol. The summed E-state index contributed by atoms with van der Waals surface area (Å²) < 4.78 is 40.3. The number of aromatic nitrogens is 1. The van der Waals surface area contributed by atoms with E-state index >= 15 is 0 Å². The van der Waals surface area contributed by atoms with Crippen molar-refractivity contribution in [2.75, 3.05) is 19.9 Å². The van der Waals surface area contributed by atoms with Crippen molar-refractivity contribution in [3.05, 3.63) is 54.2 Å². The molecule has 1 amide bonds. The van der Waals surface area contributed by atoms with Crippen LogP contribution in [0.3, 0.4) is 0 Å². The zero-order valence-corrected chi connectivity index (χ0v) is 19.1. The lowest BCUT2D eigenvalue weighted by Gasteiger charge is -2.20. The maximum absolute atomic E-state index is 13.1. The van der Waals surface area contributed by atoms with E-state index in [0.717, 1.165) is 42.1 Å². The highest BCUT2D eigenvalue weighted by atomic mass is 32.2. The van der Waals surface area contributed by atoms with E-state index < -0.39 is 10.0 Å². The van der Waals surface area contributed by atoms with Crippen LogP contribution in [-0.2, 0) is 27.9 Å². The van der Waals surface area contributed by atoms with Crippen LogP contribution in [0.2, 0.25) is 0 Å². The zero-order valence-electron chi connectivity index (χ0n) is 18.3. The van der Waals surface area contributed by atoms with Crippen LogP contribution in [0.15, 0.2) is 53.6 Å². The van der Waals surface area contributed by atoms with Gasteiger partial charge in [0.2, 0.25) is 22.7 Å². The number of nitrogens with one attached hydrogen (secondary N) is 1. The molecule has 33 heavy (non-hydrogen) atoms. The van der Waals surface area contributed by atoms with Crippen molar-refractivity contribution in [3.8, 4) is 11.5 Å². The first-order chi connectivity index (χ1) is 16.0. The Morgan fingerprint density at radius 2 is 1.73 bits per heavy atom. The van der Waals surface area contributed by atoms with Crippen LogP contribution in [0.1, 0.15) is 31.2 Å². The number of nitrogens with zero attached hydrogens (tertiary/aromatic N) is 2. The maximum Gasteiger partial charge on any atom is 0.243 e. The van der Waals surface area contributed by atoms with Gasteiger partial charge in [-0.15, -0.1) is 0 Å². The number of sulfonamides is 1. The van der Waals surface area contributed by atoms with Gasteiger partial charge in [0.15, 0.2) is 11.5 Å². The second kappa shape index (κ2) is 9.07. The summed E-state index contributed by atoms with van der Waals surface area (Å²) in [6, 6.07) is 12.6. The molecular formula is C24H27N3O5S. The van der Waals surface area contributed by atoms with E-state index in [4.69, 9.17) is 9.47 Å².